The van der Waals surface area contributed by atoms with Crippen molar-refractivity contribution in [3.63, 3.8) is 0 Å². The first-order valence-electron chi connectivity index (χ1n) is 3.45. The van der Waals surface area contributed by atoms with Crippen LogP contribution in [0.25, 0.3) is 0 Å². The molecular weight excluding hydrogens is 162 g/mol. The molecule has 0 bridgehead atoms. The molecule has 1 atom stereocenters. The highest BCUT2D eigenvalue weighted by molar-refractivity contribution is 7.99. The predicted octanol–water partition coefficient (Wildman–Crippen LogP) is 1.20. The standard InChI is InChI=1S/C6H11N3OS/c1-3-11-6-9-8-5(10-6)4(2)7/h4H,3,7H2,1-2H3/t4-/m0/s1. The van der Waals surface area contributed by atoms with Gasteiger partial charge in [0.1, 0.15) is 0 Å². The summed E-state index contributed by atoms with van der Waals surface area (Å²) in [5.74, 6) is 1.43. The van der Waals surface area contributed by atoms with Crippen molar-refractivity contribution in [3.05, 3.63) is 5.89 Å². The zero-order chi connectivity index (χ0) is 8.27. The highest BCUT2D eigenvalue weighted by atomic mass is 32.2. The Labute approximate surface area is 69.6 Å². The minimum atomic E-state index is -0.172. The van der Waals surface area contributed by atoms with Gasteiger partial charge in [-0.3, -0.25) is 0 Å². The highest BCUT2D eigenvalue weighted by Gasteiger charge is 2.08. The average Bonchev–Trinajstić information content (AvgIpc) is 2.37. The molecule has 0 aliphatic rings. The summed E-state index contributed by atoms with van der Waals surface area (Å²) in [6.07, 6.45) is 0. The van der Waals surface area contributed by atoms with Crippen molar-refractivity contribution in [1.82, 2.24) is 10.2 Å². The van der Waals surface area contributed by atoms with Crippen LogP contribution in [0.4, 0.5) is 0 Å². The maximum absolute atomic E-state index is 5.52. The molecule has 1 aromatic heterocycles. The van der Waals surface area contributed by atoms with E-state index in [-0.39, 0.29) is 6.04 Å². The number of nitrogens with zero attached hydrogens (tertiary/aromatic N) is 2. The van der Waals surface area contributed by atoms with Crippen LogP contribution in [0.15, 0.2) is 9.64 Å². The number of hydrogen-bond donors (Lipinski definition) is 1. The Bertz CT molecular complexity index is 223. The van der Waals surface area contributed by atoms with Gasteiger partial charge in [-0.1, -0.05) is 18.7 Å². The van der Waals surface area contributed by atoms with Crippen LogP contribution < -0.4 is 5.73 Å². The van der Waals surface area contributed by atoms with E-state index in [4.69, 9.17) is 10.2 Å². The van der Waals surface area contributed by atoms with Crippen LogP contribution >= 0.6 is 11.8 Å². The second kappa shape index (κ2) is 3.73. The monoisotopic (exact) mass is 173 g/mol. The topological polar surface area (TPSA) is 64.9 Å². The molecule has 0 aromatic carbocycles. The van der Waals surface area contributed by atoms with Gasteiger partial charge in [0.15, 0.2) is 0 Å². The van der Waals surface area contributed by atoms with E-state index in [0.717, 1.165) is 5.75 Å². The molecular formula is C6H11N3OS. The molecule has 0 unspecified atom stereocenters. The summed E-state index contributed by atoms with van der Waals surface area (Å²) < 4.78 is 5.20. The van der Waals surface area contributed by atoms with E-state index in [0.29, 0.717) is 11.1 Å². The Kier molecular flexibility index (Phi) is 2.90. The van der Waals surface area contributed by atoms with Gasteiger partial charge in [-0.2, -0.15) is 0 Å². The summed E-state index contributed by atoms with van der Waals surface area (Å²) in [5.41, 5.74) is 5.52. The molecule has 0 spiro atoms. The van der Waals surface area contributed by atoms with Gasteiger partial charge in [-0.15, -0.1) is 10.2 Å². The fraction of sp³-hybridized carbons (Fsp3) is 0.667. The third-order valence-corrected chi connectivity index (χ3v) is 1.78. The van der Waals surface area contributed by atoms with E-state index in [1.807, 2.05) is 13.8 Å². The molecule has 0 amide bonds. The van der Waals surface area contributed by atoms with Crippen LogP contribution in [0.5, 0.6) is 0 Å². The van der Waals surface area contributed by atoms with Crippen LogP contribution in [-0.4, -0.2) is 16.0 Å². The van der Waals surface area contributed by atoms with E-state index < -0.39 is 0 Å². The largest absolute Gasteiger partial charge is 0.414 e. The Balaban J connectivity index is 2.66. The van der Waals surface area contributed by atoms with Crippen molar-refractivity contribution < 1.29 is 4.42 Å². The first kappa shape index (κ1) is 8.55. The van der Waals surface area contributed by atoms with Crippen LogP contribution in [-0.2, 0) is 0 Å². The van der Waals surface area contributed by atoms with Crippen molar-refractivity contribution >= 4 is 11.8 Å². The SMILES string of the molecule is CCSc1nnc([C@H](C)N)o1. The fourth-order valence-electron chi connectivity index (χ4n) is 0.586. The summed E-state index contributed by atoms with van der Waals surface area (Å²) in [4.78, 5) is 0. The maximum Gasteiger partial charge on any atom is 0.276 e. The van der Waals surface area contributed by atoms with Gasteiger partial charge in [0, 0.05) is 0 Å². The molecule has 0 radical (unpaired) electrons. The quantitative estimate of drug-likeness (QED) is 0.696. The third kappa shape index (κ3) is 2.20. The van der Waals surface area contributed by atoms with E-state index in [2.05, 4.69) is 10.2 Å². The Morgan fingerprint density at radius 2 is 2.36 bits per heavy atom. The summed E-state index contributed by atoms with van der Waals surface area (Å²) in [6, 6.07) is -0.172. The summed E-state index contributed by atoms with van der Waals surface area (Å²) in [5, 5.41) is 8.16. The van der Waals surface area contributed by atoms with E-state index in [9.17, 15) is 0 Å². The lowest BCUT2D eigenvalue weighted by Crippen LogP contribution is -2.04. The minimum Gasteiger partial charge on any atom is -0.414 e. The van der Waals surface area contributed by atoms with Crippen LogP contribution in [0.1, 0.15) is 25.8 Å². The second-order valence-corrected chi connectivity index (χ2v) is 3.34. The van der Waals surface area contributed by atoms with Crippen LogP contribution in [0, 0.1) is 0 Å². The molecule has 2 N–H and O–H groups in total. The van der Waals surface area contributed by atoms with Crippen LogP contribution in [0.3, 0.4) is 0 Å². The van der Waals surface area contributed by atoms with Crippen molar-refractivity contribution in [2.45, 2.75) is 25.1 Å². The Morgan fingerprint density at radius 3 is 2.82 bits per heavy atom. The van der Waals surface area contributed by atoms with Crippen molar-refractivity contribution in [3.8, 4) is 0 Å². The van der Waals surface area contributed by atoms with Crippen molar-refractivity contribution in [2.24, 2.45) is 5.73 Å². The lowest BCUT2D eigenvalue weighted by molar-refractivity contribution is 0.394. The fourth-order valence-corrected chi connectivity index (χ4v) is 1.08. The van der Waals surface area contributed by atoms with Gasteiger partial charge >= 0.3 is 0 Å². The molecule has 1 aromatic rings. The highest BCUT2D eigenvalue weighted by Crippen LogP contribution is 2.17. The summed E-state index contributed by atoms with van der Waals surface area (Å²) in [6.45, 7) is 3.84. The van der Waals surface area contributed by atoms with Gasteiger partial charge in [0.05, 0.1) is 6.04 Å². The smallest absolute Gasteiger partial charge is 0.276 e. The molecule has 0 aliphatic heterocycles. The third-order valence-electron chi connectivity index (χ3n) is 1.08. The maximum atomic E-state index is 5.52. The van der Waals surface area contributed by atoms with E-state index in [1.165, 1.54) is 11.8 Å². The Morgan fingerprint density at radius 1 is 1.64 bits per heavy atom. The second-order valence-electron chi connectivity index (χ2n) is 2.13. The van der Waals surface area contributed by atoms with Gasteiger partial charge < -0.3 is 10.2 Å². The number of nitrogens with two attached hydrogens (primary N) is 1. The first-order valence-corrected chi connectivity index (χ1v) is 4.44. The van der Waals surface area contributed by atoms with Gasteiger partial charge in [0.25, 0.3) is 5.22 Å². The number of aromatic nitrogens is 2. The molecule has 1 rings (SSSR count). The van der Waals surface area contributed by atoms with Gasteiger partial charge in [0.2, 0.25) is 5.89 Å². The molecule has 5 heteroatoms. The number of rotatable bonds is 3. The molecule has 0 aliphatic carbocycles. The van der Waals surface area contributed by atoms with Crippen LogP contribution in [0.2, 0.25) is 0 Å². The number of hydrogen-bond acceptors (Lipinski definition) is 5. The van der Waals surface area contributed by atoms with E-state index >= 15 is 0 Å². The molecule has 0 saturated heterocycles. The molecule has 1 heterocycles. The molecule has 4 nitrogen and oxygen atoms in total. The average molecular weight is 173 g/mol. The van der Waals surface area contributed by atoms with Gasteiger partial charge in [-0.25, -0.2) is 0 Å². The predicted molar refractivity (Wildman–Crippen MR) is 43.3 cm³/mol. The Hall–Kier alpha value is -0.550. The lowest BCUT2D eigenvalue weighted by Gasteiger charge is -1.93. The molecule has 11 heavy (non-hydrogen) atoms. The summed E-state index contributed by atoms with van der Waals surface area (Å²) in [7, 11) is 0. The molecule has 62 valence electrons. The van der Waals surface area contributed by atoms with Crippen molar-refractivity contribution in [2.75, 3.05) is 5.75 Å². The summed E-state index contributed by atoms with van der Waals surface area (Å²) >= 11 is 1.52. The first-order chi connectivity index (χ1) is 5.24. The molecule has 0 fully saturated rings. The molecule has 0 saturated carbocycles. The normalized spacial score (nSPS) is 13.4. The zero-order valence-electron chi connectivity index (χ0n) is 6.57. The minimum absolute atomic E-state index is 0.172. The zero-order valence-corrected chi connectivity index (χ0v) is 7.39. The van der Waals surface area contributed by atoms with Crippen molar-refractivity contribution in [1.29, 1.82) is 0 Å². The number of thioether (sulfide) groups is 1. The van der Waals surface area contributed by atoms with Gasteiger partial charge in [-0.05, 0) is 12.7 Å². The van der Waals surface area contributed by atoms with E-state index in [1.54, 1.807) is 0 Å². The lowest BCUT2D eigenvalue weighted by atomic mass is 10.4.